The Hall–Kier alpha value is -0.780. The molecule has 0 radical (unpaired) electrons. The third-order valence-corrected chi connectivity index (χ3v) is 4.05. The molecule has 0 amide bonds. The molecule has 0 atom stereocenters. The van der Waals surface area contributed by atoms with Gasteiger partial charge in [0.2, 0.25) is 0 Å². The van der Waals surface area contributed by atoms with Crippen molar-refractivity contribution in [3.63, 3.8) is 0 Å². The molecule has 1 N–H and O–H groups in total. The molecule has 0 saturated carbocycles. The molecule has 1 heterocycles. The molecule has 0 aliphatic carbocycles. The first-order valence-corrected chi connectivity index (χ1v) is 6.34. The van der Waals surface area contributed by atoms with Crippen LogP contribution in [0, 0.1) is 0 Å². The molecule has 0 saturated heterocycles. The zero-order valence-electron chi connectivity index (χ0n) is 8.91. The number of benzene rings is 1. The molecule has 0 bridgehead atoms. The highest BCUT2D eigenvalue weighted by Gasteiger charge is 2.09. The summed E-state index contributed by atoms with van der Waals surface area (Å²) >= 11 is 15.4. The lowest BCUT2D eigenvalue weighted by Crippen LogP contribution is -2.07. The first-order valence-electron chi connectivity index (χ1n) is 4.80. The second kappa shape index (κ2) is 5.25. The largest absolute Gasteiger partial charge is 0.377 e. The van der Waals surface area contributed by atoms with E-state index in [9.17, 15) is 0 Å². The zero-order valence-corrected chi connectivity index (χ0v) is 12.0. The summed E-state index contributed by atoms with van der Waals surface area (Å²) in [5.74, 6) is 0.820. The van der Waals surface area contributed by atoms with Crippen LogP contribution in [0.25, 0.3) is 0 Å². The van der Waals surface area contributed by atoms with Gasteiger partial charge in [0.15, 0.2) is 0 Å². The summed E-state index contributed by atoms with van der Waals surface area (Å²) < 4.78 is 2.47. The second-order valence-corrected chi connectivity index (χ2v) is 4.99. The Labute approximate surface area is 117 Å². The van der Waals surface area contributed by atoms with Crippen LogP contribution in [0.15, 0.2) is 22.9 Å². The monoisotopic (exact) mass is 334 g/mol. The summed E-state index contributed by atoms with van der Waals surface area (Å²) in [5, 5.41) is 8.13. The van der Waals surface area contributed by atoms with Gasteiger partial charge in [0.05, 0.1) is 22.3 Å². The van der Waals surface area contributed by atoms with E-state index in [2.05, 4.69) is 31.3 Å². The fourth-order valence-electron chi connectivity index (χ4n) is 1.32. The van der Waals surface area contributed by atoms with E-state index >= 15 is 0 Å². The van der Waals surface area contributed by atoms with Crippen LogP contribution in [0.2, 0.25) is 10.0 Å². The van der Waals surface area contributed by atoms with Gasteiger partial charge in [0.25, 0.3) is 0 Å². The van der Waals surface area contributed by atoms with E-state index in [1.165, 1.54) is 6.33 Å². The van der Waals surface area contributed by atoms with Crippen LogP contribution in [-0.4, -0.2) is 14.8 Å². The highest BCUT2D eigenvalue weighted by molar-refractivity contribution is 9.10. The SMILES string of the molecule is Cn1ncnc1CNc1ccc(Br)c(Cl)c1Cl. The van der Waals surface area contributed by atoms with Gasteiger partial charge in [-0.15, -0.1) is 0 Å². The van der Waals surface area contributed by atoms with Crippen molar-refractivity contribution in [1.29, 1.82) is 0 Å². The third-order valence-electron chi connectivity index (χ3n) is 2.28. The van der Waals surface area contributed by atoms with Gasteiger partial charge >= 0.3 is 0 Å². The van der Waals surface area contributed by atoms with E-state index in [0.29, 0.717) is 16.6 Å². The molecule has 0 fully saturated rings. The topological polar surface area (TPSA) is 42.7 Å². The average Bonchev–Trinajstić information content (AvgIpc) is 2.71. The molecule has 0 aliphatic rings. The average molecular weight is 336 g/mol. The van der Waals surface area contributed by atoms with Crippen molar-refractivity contribution in [1.82, 2.24) is 14.8 Å². The first kappa shape index (κ1) is 12.7. The summed E-state index contributed by atoms with van der Waals surface area (Å²) in [5.41, 5.74) is 0.767. The lowest BCUT2D eigenvalue weighted by molar-refractivity contribution is 0.712. The molecule has 90 valence electrons. The van der Waals surface area contributed by atoms with Crippen molar-refractivity contribution >= 4 is 44.8 Å². The van der Waals surface area contributed by atoms with Crippen LogP contribution in [-0.2, 0) is 13.6 Å². The lowest BCUT2D eigenvalue weighted by atomic mass is 10.3. The molecule has 17 heavy (non-hydrogen) atoms. The van der Waals surface area contributed by atoms with Gasteiger partial charge in [-0.3, -0.25) is 4.68 Å². The molecule has 4 nitrogen and oxygen atoms in total. The molecule has 0 spiro atoms. The summed E-state index contributed by atoms with van der Waals surface area (Å²) in [4.78, 5) is 4.10. The summed E-state index contributed by atoms with van der Waals surface area (Å²) in [6, 6.07) is 3.70. The number of halogens is 3. The van der Waals surface area contributed by atoms with Gasteiger partial charge in [-0.05, 0) is 28.1 Å². The van der Waals surface area contributed by atoms with Crippen molar-refractivity contribution < 1.29 is 0 Å². The molecule has 1 aromatic heterocycles. The van der Waals surface area contributed by atoms with Crippen molar-refractivity contribution in [3.05, 3.63) is 38.8 Å². The van der Waals surface area contributed by atoms with Gasteiger partial charge in [-0.2, -0.15) is 5.10 Å². The minimum atomic E-state index is 0.489. The number of aryl methyl sites for hydroxylation is 1. The Bertz CT molecular complexity index is 541. The Kier molecular flexibility index (Phi) is 3.91. The molecule has 0 aliphatic heterocycles. The maximum Gasteiger partial charge on any atom is 0.145 e. The molecular formula is C10H9BrCl2N4. The van der Waals surface area contributed by atoms with Crippen LogP contribution in [0.4, 0.5) is 5.69 Å². The molecule has 1 aromatic carbocycles. The fourth-order valence-corrected chi connectivity index (χ4v) is 2.16. The van der Waals surface area contributed by atoms with Gasteiger partial charge in [0.1, 0.15) is 12.2 Å². The highest BCUT2D eigenvalue weighted by Crippen LogP contribution is 2.35. The van der Waals surface area contributed by atoms with Crippen molar-refractivity contribution in [2.45, 2.75) is 6.54 Å². The Morgan fingerprint density at radius 1 is 1.35 bits per heavy atom. The Morgan fingerprint density at radius 3 is 2.76 bits per heavy atom. The third kappa shape index (κ3) is 2.73. The smallest absolute Gasteiger partial charge is 0.145 e. The van der Waals surface area contributed by atoms with Crippen molar-refractivity contribution in [2.24, 2.45) is 7.05 Å². The number of nitrogens with one attached hydrogen (secondary N) is 1. The van der Waals surface area contributed by atoms with E-state index in [1.807, 2.05) is 19.2 Å². The maximum absolute atomic E-state index is 6.11. The minimum absolute atomic E-state index is 0.489. The van der Waals surface area contributed by atoms with Crippen LogP contribution in [0.3, 0.4) is 0 Å². The number of aromatic nitrogens is 3. The first-order chi connectivity index (χ1) is 8.09. The van der Waals surface area contributed by atoms with Crippen LogP contribution in [0.5, 0.6) is 0 Å². The quantitative estimate of drug-likeness (QED) is 0.873. The number of rotatable bonds is 3. The molecule has 2 aromatic rings. The Morgan fingerprint density at radius 2 is 2.12 bits per heavy atom. The lowest BCUT2D eigenvalue weighted by Gasteiger charge is -2.09. The minimum Gasteiger partial charge on any atom is -0.377 e. The van der Waals surface area contributed by atoms with E-state index in [0.717, 1.165) is 16.0 Å². The van der Waals surface area contributed by atoms with Crippen LogP contribution in [0.1, 0.15) is 5.82 Å². The molecule has 7 heteroatoms. The predicted octanol–water partition coefficient (Wildman–Crippen LogP) is 3.50. The van der Waals surface area contributed by atoms with Gasteiger partial charge in [-0.25, -0.2) is 4.98 Å². The maximum atomic E-state index is 6.11. The van der Waals surface area contributed by atoms with Crippen LogP contribution < -0.4 is 5.32 Å². The zero-order chi connectivity index (χ0) is 12.4. The predicted molar refractivity (Wildman–Crippen MR) is 72.5 cm³/mol. The van der Waals surface area contributed by atoms with Gasteiger partial charge < -0.3 is 5.32 Å². The van der Waals surface area contributed by atoms with Crippen molar-refractivity contribution in [2.75, 3.05) is 5.32 Å². The second-order valence-electron chi connectivity index (χ2n) is 3.38. The number of nitrogens with zero attached hydrogens (tertiary/aromatic N) is 3. The van der Waals surface area contributed by atoms with E-state index in [-0.39, 0.29) is 0 Å². The molecular weight excluding hydrogens is 327 g/mol. The molecule has 0 unspecified atom stereocenters. The number of hydrogen-bond acceptors (Lipinski definition) is 3. The Balaban J connectivity index is 2.15. The summed E-state index contributed by atoms with van der Waals surface area (Å²) in [6.07, 6.45) is 1.51. The van der Waals surface area contributed by atoms with E-state index in [1.54, 1.807) is 4.68 Å². The van der Waals surface area contributed by atoms with Gasteiger partial charge in [0, 0.05) is 11.5 Å². The highest BCUT2D eigenvalue weighted by atomic mass is 79.9. The molecule has 2 rings (SSSR count). The van der Waals surface area contributed by atoms with E-state index < -0.39 is 0 Å². The van der Waals surface area contributed by atoms with Gasteiger partial charge in [-0.1, -0.05) is 23.2 Å². The normalized spacial score (nSPS) is 10.6. The van der Waals surface area contributed by atoms with E-state index in [4.69, 9.17) is 23.2 Å². The standard InChI is InChI=1S/C10H9BrCl2N4/c1-17-8(15-5-16-17)4-14-7-3-2-6(11)9(12)10(7)13/h2-3,5,14H,4H2,1H3. The number of anilines is 1. The summed E-state index contributed by atoms with van der Waals surface area (Å²) in [6.45, 7) is 0.536. The van der Waals surface area contributed by atoms with Crippen molar-refractivity contribution in [3.8, 4) is 0 Å². The number of hydrogen-bond donors (Lipinski definition) is 1. The van der Waals surface area contributed by atoms with Crippen LogP contribution >= 0.6 is 39.1 Å². The summed E-state index contributed by atoms with van der Waals surface area (Å²) in [7, 11) is 1.83. The fraction of sp³-hybridized carbons (Fsp3) is 0.200.